The number of hydrogen-bond acceptors (Lipinski definition) is 5. The fourth-order valence-corrected chi connectivity index (χ4v) is 4.06. The van der Waals surface area contributed by atoms with Crippen molar-refractivity contribution >= 4 is 33.6 Å². The van der Waals surface area contributed by atoms with Crippen LogP contribution in [0.4, 0.5) is 4.79 Å². The highest BCUT2D eigenvalue weighted by molar-refractivity contribution is 7.18. The summed E-state index contributed by atoms with van der Waals surface area (Å²) in [5.41, 5.74) is 0.438. The van der Waals surface area contributed by atoms with Gasteiger partial charge in [-0.2, -0.15) is 0 Å². The molecule has 1 aromatic carbocycles. The van der Waals surface area contributed by atoms with Crippen LogP contribution in [0.2, 0.25) is 0 Å². The molecule has 26 heavy (non-hydrogen) atoms. The van der Waals surface area contributed by atoms with Crippen molar-refractivity contribution in [2.75, 3.05) is 20.1 Å². The molecule has 1 saturated heterocycles. The summed E-state index contributed by atoms with van der Waals surface area (Å²) in [7, 11) is 1.80. The number of amides is 2. The van der Waals surface area contributed by atoms with Crippen molar-refractivity contribution in [2.24, 2.45) is 5.92 Å². The molecule has 1 aromatic heterocycles. The van der Waals surface area contributed by atoms with Gasteiger partial charge < -0.3 is 14.5 Å². The van der Waals surface area contributed by atoms with Gasteiger partial charge in [-0.3, -0.25) is 4.79 Å². The molecule has 1 atom stereocenters. The number of carbonyl (C=O) groups excluding carboxylic acids is 2. The molecule has 0 radical (unpaired) electrons. The van der Waals surface area contributed by atoms with E-state index in [4.69, 9.17) is 4.74 Å². The van der Waals surface area contributed by atoms with Crippen molar-refractivity contribution in [3.8, 4) is 0 Å². The van der Waals surface area contributed by atoms with Crippen LogP contribution in [-0.2, 0) is 16.1 Å². The van der Waals surface area contributed by atoms with Crippen molar-refractivity contribution in [1.29, 1.82) is 0 Å². The van der Waals surface area contributed by atoms with Gasteiger partial charge in [0.15, 0.2) is 0 Å². The summed E-state index contributed by atoms with van der Waals surface area (Å²) in [5.74, 6) is -0.128. The average molecular weight is 375 g/mol. The summed E-state index contributed by atoms with van der Waals surface area (Å²) < 4.78 is 6.52. The molecule has 0 saturated carbocycles. The third kappa shape index (κ3) is 4.33. The smallest absolute Gasteiger partial charge is 0.410 e. The van der Waals surface area contributed by atoms with Crippen molar-refractivity contribution < 1.29 is 14.3 Å². The number of fused-ring (bicyclic) bond motifs is 1. The van der Waals surface area contributed by atoms with Gasteiger partial charge in [-0.15, -0.1) is 11.3 Å². The molecule has 1 aliphatic rings. The van der Waals surface area contributed by atoms with Crippen LogP contribution in [0, 0.1) is 5.92 Å². The molecule has 0 bridgehead atoms. The topological polar surface area (TPSA) is 62.7 Å². The summed E-state index contributed by atoms with van der Waals surface area (Å²) >= 11 is 1.61. The summed E-state index contributed by atoms with van der Waals surface area (Å²) in [6, 6.07) is 7.97. The van der Waals surface area contributed by atoms with Gasteiger partial charge in [0.25, 0.3) is 0 Å². The molecule has 2 amide bonds. The van der Waals surface area contributed by atoms with Gasteiger partial charge in [-0.05, 0) is 39.3 Å². The molecule has 0 aliphatic carbocycles. The van der Waals surface area contributed by atoms with E-state index in [1.165, 1.54) is 0 Å². The van der Waals surface area contributed by atoms with E-state index in [1.807, 2.05) is 45.0 Å². The van der Waals surface area contributed by atoms with Gasteiger partial charge in [-0.1, -0.05) is 12.1 Å². The Hall–Kier alpha value is -2.15. The van der Waals surface area contributed by atoms with E-state index in [9.17, 15) is 9.59 Å². The summed E-state index contributed by atoms with van der Waals surface area (Å²) in [4.78, 5) is 32.8. The fraction of sp³-hybridized carbons (Fsp3) is 0.526. The Morgan fingerprint density at radius 3 is 2.77 bits per heavy atom. The van der Waals surface area contributed by atoms with Crippen LogP contribution in [0.15, 0.2) is 24.3 Å². The highest BCUT2D eigenvalue weighted by atomic mass is 32.1. The Labute approximate surface area is 157 Å². The van der Waals surface area contributed by atoms with Gasteiger partial charge in [0.05, 0.1) is 22.7 Å². The maximum atomic E-state index is 12.7. The maximum Gasteiger partial charge on any atom is 0.410 e. The molecule has 140 valence electrons. The fourth-order valence-electron chi connectivity index (χ4n) is 3.03. The minimum absolute atomic E-state index is 0.0512. The third-order valence-electron chi connectivity index (χ3n) is 4.28. The van der Waals surface area contributed by atoms with E-state index in [0.29, 0.717) is 26.1 Å². The molecular weight excluding hydrogens is 350 g/mol. The van der Waals surface area contributed by atoms with Gasteiger partial charge in [0.2, 0.25) is 5.91 Å². The minimum atomic E-state index is -0.525. The summed E-state index contributed by atoms with van der Waals surface area (Å²) in [6.07, 6.45) is 0.323. The number of para-hydroxylation sites is 1. The zero-order valence-electron chi connectivity index (χ0n) is 15.7. The molecule has 0 unspecified atom stereocenters. The zero-order chi connectivity index (χ0) is 18.9. The first-order valence-corrected chi connectivity index (χ1v) is 9.62. The van der Waals surface area contributed by atoms with Crippen LogP contribution in [0.25, 0.3) is 10.2 Å². The number of likely N-dealkylation sites (tertiary alicyclic amines) is 1. The second-order valence-corrected chi connectivity index (χ2v) is 8.80. The number of ether oxygens (including phenoxy) is 1. The minimum Gasteiger partial charge on any atom is -0.444 e. The van der Waals surface area contributed by atoms with Crippen molar-refractivity contribution in [1.82, 2.24) is 14.8 Å². The van der Waals surface area contributed by atoms with Gasteiger partial charge in [0, 0.05) is 20.1 Å². The van der Waals surface area contributed by atoms with E-state index in [0.717, 1.165) is 15.2 Å². The van der Waals surface area contributed by atoms with Crippen molar-refractivity contribution in [3.63, 3.8) is 0 Å². The largest absolute Gasteiger partial charge is 0.444 e. The SMILES string of the molecule is CN(Cc1nc2ccccc2s1)C(=O)[C@@H]1CCN(C(=O)OC(C)(C)C)C1. The lowest BCUT2D eigenvalue weighted by atomic mass is 10.1. The zero-order valence-corrected chi connectivity index (χ0v) is 16.5. The normalized spacial score (nSPS) is 17.5. The lowest BCUT2D eigenvalue weighted by Crippen LogP contribution is -2.38. The molecule has 3 rings (SSSR count). The molecular formula is C19H25N3O3S. The average Bonchev–Trinajstić information content (AvgIpc) is 3.18. The standard InChI is InChI=1S/C19H25N3O3S/c1-19(2,3)25-18(24)22-10-9-13(11-22)17(23)21(4)12-16-20-14-7-5-6-8-15(14)26-16/h5-8,13H,9-12H2,1-4H3/t13-/m1/s1. The van der Waals surface area contributed by atoms with Gasteiger partial charge >= 0.3 is 6.09 Å². The number of nitrogens with zero attached hydrogens (tertiary/aromatic N) is 3. The first-order valence-electron chi connectivity index (χ1n) is 8.80. The first-order chi connectivity index (χ1) is 12.2. The van der Waals surface area contributed by atoms with Crippen LogP contribution >= 0.6 is 11.3 Å². The number of thiazole rings is 1. The Kier molecular flexibility index (Phi) is 5.18. The molecule has 1 fully saturated rings. The predicted molar refractivity (Wildman–Crippen MR) is 102 cm³/mol. The first kappa shape index (κ1) is 18.6. The number of aromatic nitrogens is 1. The van der Waals surface area contributed by atoms with Gasteiger partial charge in [-0.25, -0.2) is 9.78 Å². The lowest BCUT2D eigenvalue weighted by Gasteiger charge is -2.25. The molecule has 2 heterocycles. The highest BCUT2D eigenvalue weighted by Gasteiger charge is 2.34. The molecule has 6 nitrogen and oxygen atoms in total. The molecule has 7 heteroatoms. The van der Waals surface area contributed by atoms with Crippen molar-refractivity contribution in [3.05, 3.63) is 29.3 Å². The monoisotopic (exact) mass is 375 g/mol. The van der Waals surface area contributed by atoms with E-state index in [-0.39, 0.29) is 17.9 Å². The molecule has 0 N–H and O–H groups in total. The van der Waals surface area contributed by atoms with E-state index in [2.05, 4.69) is 4.98 Å². The number of benzene rings is 1. The summed E-state index contributed by atoms with van der Waals surface area (Å²) in [6.45, 7) is 6.99. The maximum absolute atomic E-state index is 12.7. The Morgan fingerprint density at radius 1 is 1.35 bits per heavy atom. The Morgan fingerprint density at radius 2 is 2.08 bits per heavy atom. The van der Waals surface area contributed by atoms with Crippen LogP contribution in [0.3, 0.4) is 0 Å². The Bertz CT molecular complexity index is 779. The second-order valence-electron chi connectivity index (χ2n) is 7.68. The number of carbonyl (C=O) groups is 2. The number of hydrogen-bond donors (Lipinski definition) is 0. The number of rotatable bonds is 3. The van der Waals surface area contributed by atoms with Crippen molar-refractivity contribution in [2.45, 2.75) is 39.3 Å². The Balaban J connectivity index is 1.58. The molecule has 2 aromatic rings. The van der Waals surface area contributed by atoms with Crippen LogP contribution in [0.1, 0.15) is 32.2 Å². The van der Waals surface area contributed by atoms with E-state index in [1.54, 1.807) is 28.2 Å². The quantitative estimate of drug-likeness (QED) is 0.824. The van der Waals surface area contributed by atoms with Crippen LogP contribution < -0.4 is 0 Å². The second kappa shape index (κ2) is 7.23. The lowest BCUT2D eigenvalue weighted by molar-refractivity contribution is -0.134. The molecule has 0 spiro atoms. The third-order valence-corrected chi connectivity index (χ3v) is 5.30. The van der Waals surface area contributed by atoms with Crippen LogP contribution in [0.5, 0.6) is 0 Å². The van der Waals surface area contributed by atoms with E-state index >= 15 is 0 Å². The van der Waals surface area contributed by atoms with E-state index < -0.39 is 5.60 Å². The molecule has 1 aliphatic heterocycles. The summed E-state index contributed by atoms with van der Waals surface area (Å²) in [5, 5.41) is 0.920. The predicted octanol–water partition coefficient (Wildman–Crippen LogP) is 3.51. The van der Waals surface area contributed by atoms with Crippen LogP contribution in [-0.4, -0.2) is 52.5 Å². The van der Waals surface area contributed by atoms with Gasteiger partial charge in [0.1, 0.15) is 10.6 Å². The highest BCUT2D eigenvalue weighted by Crippen LogP contribution is 2.25.